The molecule has 0 aliphatic carbocycles. The highest BCUT2D eigenvalue weighted by molar-refractivity contribution is 14.1. The van der Waals surface area contributed by atoms with Crippen molar-refractivity contribution in [2.45, 2.75) is 6.92 Å². The maximum Gasteiger partial charge on any atom is 0.122 e. The Morgan fingerprint density at radius 2 is 2.09 bits per heavy atom. The van der Waals surface area contributed by atoms with E-state index in [-0.39, 0.29) is 0 Å². The van der Waals surface area contributed by atoms with Gasteiger partial charge in [0.15, 0.2) is 0 Å². The molecule has 1 aromatic carbocycles. The van der Waals surface area contributed by atoms with Crippen molar-refractivity contribution in [2.75, 3.05) is 7.11 Å². The number of hydrogen-bond acceptors (Lipinski definition) is 1. The molecule has 0 N–H and O–H groups in total. The lowest BCUT2D eigenvalue weighted by atomic mass is 10.2. The van der Waals surface area contributed by atoms with Gasteiger partial charge in [0.25, 0.3) is 0 Å². The molecule has 1 aromatic rings. The summed E-state index contributed by atoms with van der Waals surface area (Å²) in [5, 5.41) is 0.781. The van der Waals surface area contributed by atoms with E-state index in [1.54, 1.807) is 7.11 Å². The Labute approximate surface area is 84.8 Å². The van der Waals surface area contributed by atoms with Crippen molar-refractivity contribution in [3.05, 3.63) is 26.3 Å². The fourth-order valence-corrected chi connectivity index (χ4v) is 1.51. The highest BCUT2D eigenvalue weighted by Crippen LogP contribution is 2.28. The van der Waals surface area contributed by atoms with Gasteiger partial charge in [-0.15, -0.1) is 0 Å². The van der Waals surface area contributed by atoms with E-state index in [2.05, 4.69) is 22.6 Å². The summed E-state index contributed by atoms with van der Waals surface area (Å²) >= 11 is 8.09. The van der Waals surface area contributed by atoms with Crippen LogP contribution < -0.4 is 4.74 Å². The van der Waals surface area contributed by atoms with Crippen LogP contribution >= 0.6 is 34.2 Å². The minimum absolute atomic E-state index is 0.781. The molecule has 0 amide bonds. The predicted molar refractivity (Wildman–Crippen MR) is 55.5 cm³/mol. The monoisotopic (exact) mass is 282 g/mol. The molecule has 0 heterocycles. The van der Waals surface area contributed by atoms with Crippen LogP contribution in [0.4, 0.5) is 0 Å². The maximum absolute atomic E-state index is 5.88. The lowest BCUT2D eigenvalue weighted by Gasteiger charge is -2.06. The Bertz CT molecular complexity index is 273. The molecule has 0 spiro atoms. The zero-order valence-corrected chi connectivity index (χ0v) is 9.23. The van der Waals surface area contributed by atoms with Crippen LogP contribution in [0.3, 0.4) is 0 Å². The third-order valence-electron chi connectivity index (χ3n) is 1.51. The number of benzene rings is 1. The van der Waals surface area contributed by atoms with Gasteiger partial charge in [-0.05, 0) is 41.6 Å². The van der Waals surface area contributed by atoms with Gasteiger partial charge in [0.1, 0.15) is 5.75 Å². The van der Waals surface area contributed by atoms with Gasteiger partial charge in [-0.25, -0.2) is 0 Å². The Balaban J connectivity index is 3.25. The Hall–Kier alpha value is 0.0400. The Morgan fingerprint density at radius 1 is 1.45 bits per heavy atom. The Morgan fingerprint density at radius 3 is 2.64 bits per heavy atom. The molecular formula is C8H8ClIO. The highest BCUT2D eigenvalue weighted by atomic mass is 127. The normalized spacial score (nSPS) is 9.82. The number of rotatable bonds is 1. The second kappa shape index (κ2) is 3.63. The molecule has 0 saturated heterocycles. The summed E-state index contributed by atoms with van der Waals surface area (Å²) in [6.07, 6.45) is 0. The topological polar surface area (TPSA) is 9.23 Å². The van der Waals surface area contributed by atoms with E-state index in [0.717, 1.165) is 19.9 Å². The fraction of sp³-hybridized carbons (Fsp3) is 0.250. The molecule has 60 valence electrons. The van der Waals surface area contributed by atoms with Crippen molar-refractivity contribution in [1.82, 2.24) is 0 Å². The van der Waals surface area contributed by atoms with E-state index in [4.69, 9.17) is 16.3 Å². The molecule has 0 aliphatic rings. The molecule has 0 saturated carbocycles. The van der Waals surface area contributed by atoms with Gasteiger partial charge in [0.05, 0.1) is 12.1 Å². The first-order valence-electron chi connectivity index (χ1n) is 3.15. The minimum atomic E-state index is 0.781. The van der Waals surface area contributed by atoms with Crippen LogP contribution in [0.1, 0.15) is 5.56 Å². The highest BCUT2D eigenvalue weighted by Gasteiger charge is 2.04. The number of hydrogen-bond donors (Lipinski definition) is 0. The van der Waals surface area contributed by atoms with Gasteiger partial charge in [0.2, 0.25) is 0 Å². The SMILES string of the molecule is COc1ccc(Cl)c(I)c1C. The first kappa shape index (κ1) is 9.13. The maximum atomic E-state index is 5.88. The van der Waals surface area contributed by atoms with Crippen LogP contribution in [-0.4, -0.2) is 7.11 Å². The number of halogens is 2. The molecule has 0 atom stereocenters. The lowest BCUT2D eigenvalue weighted by Crippen LogP contribution is -1.89. The van der Waals surface area contributed by atoms with Gasteiger partial charge in [-0.1, -0.05) is 11.6 Å². The van der Waals surface area contributed by atoms with Crippen LogP contribution in [0.2, 0.25) is 5.02 Å². The summed E-state index contributed by atoms with van der Waals surface area (Å²) in [6.45, 7) is 1.99. The van der Waals surface area contributed by atoms with Crippen molar-refractivity contribution in [1.29, 1.82) is 0 Å². The van der Waals surface area contributed by atoms with Crippen molar-refractivity contribution in [3.63, 3.8) is 0 Å². The summed E-state index contributed by atoms with van der Waals surface area (Å²) in [7, 11) is 1.66. The summed E-state index contributed by atoms with van der Waals surface area (Å²) in [5.41, 5.74) is 1.10. The largest absolute Gasteiger partial charge is 0.496 e. The van der Waals surface area contributed by atoms with Gasteiger partial charge in [-0.2, -0.15) is 0 Å². The van der Waals surface area contributed by atoms with Crippen LogP contribution in [0.15, 0.2) is 12.1 Å². The number of methoxy groups -OCH3 is 1. The molecule has 0 aromatic heterocycles. The third kappa shape index (κ3) is 1.79. The average Bonchev–Trinajstić information content (AvgIpc) is 2.01. The second-order valence-electron chi connectivity index (χ2n) is 2.19. The molecule has 0 fully saturated rings. The molecule has 0 aliphatic heterocycles. The van der Waals surface area contributed by atoms with E-state index in [0.29, 0.717) is 0 Å². The molecule has 11 heavy (non-hydrogen) atoms. The van der Waals surface area contributed by atoms with E-state index < -0.39 is 0 Å². The predicted octanol–water partition coefficient (Wildman–Crippen LogP) is 3.26. The quantitative estimate of drug-likeness (QED) is 0.718. The summed E-state index contributed by atoms with van der Waals surface area (Å²) in [5.74, 6) is 0.888. The van der Waals surface area contributed by atoms with Crippen LogP contribution in [0.5, 0.6) is 5.75 Å². The van der Waals surface area contributed by atoms with E-state index in [1.807, 2.05) is 19.1 Å². The Kier molecular flexibility index (Phi) is 3.01. The second-order valence-corrected chi connectivity index (χ2v) is 3.67. The molecule has 0 unspecified atom stereocenters. The first-order valence-corrected chi connectivity index (χ1v) is 4.61. The summed E-state index contributed by atoms with van der Waals surface area (Å²) < 4.78 is 6.18. The lowest BCUT2D eigenvalue weighted by molar-refractivity contribution is 0.411. The van der Waals surface area contributed by atoms with Crippen molar-refractivity contribution in [3.8, 4) is 5.75 Å². The average molecular weight is 283 g/mol. The van der Waals surface area contributed by atoms with Gasteiger partial charge in [0, 0.05) is 9.13 Å². The third-order valence-corrected chi connectivity index (χ3v) is 3.53. The molecule has 3 heteroatoms. The molecule has 1 nitrogen and oxygen atoms in total. The van der Waals surface area contributed by atoms with Crippen molar-refractivity contribution in [2.24, 2.45) is 0 Å². The van der Waals surface area contributed by atoms with Crippen LogP contribution in [0.25, 0.3) is 0 Å². The summed E-state index contributed by atoms with van der Waals surface area (Å²) in [6, 6.07) is 3.72. The zero-order chi connectivity index (χ0) is 8.43. The van der Waals surface area contributed by atoms with Crippen molar-refractivity contribution < 1.29 is 4.74 Å². The number of ether oxygens (including phenoxy) is 1. The van der Waals surface area contributed by atoms with Gasteiger partial charge < -0.3 is 4.74 Å². The van der Waals surface area contributed by atoms with E-state index in [1.165, 1.54) is 0 Å². The zero-order valence-electron chi connectivity index (χ0n) is 6.32. The van der Waals surface area contributed by atoms with E-state index in [9.17, 15) is 0 Å². The molecular weight excluding hydrogens is 274 g/mol. The minimum Gasteiger partial charge on any atom is -0.496 e. The standard InChI is InChI=1S/C8H8ClIO/c1-5-7(11-2)4-3-6(9)8(5)10/h3-4H,1-2H3. The first-order chi connectivity index (χ1) is 5.16. The molecule has 0 radical (unpaired) electrons. The van der Waals surface area contributed by atoms with Crippen LogP contribution in [0, 0.1) is 10.5 Å². The molecule has 0 bridgehead atoms. The van der Waals surface area contributed by atoms with Gasteiger partial charge in [-0.3, -0.25) is 0 Å². The summed E-state index contributed by atoms with van der Waals surface area (Å²) in [4.78, 5) is 0. The van der Waals surface area contributed by atoms with E-state index >= 15 is 0 Å². The van der Waals surface area contributed by atoms with Gasteiger partial charge >= 0.3 is 0 Å². The fourth-order valence-electron chi connectivity index (χ4n) is 0.855. The molecule has 1 rings (SSSR count). The smallest absolute Gasteiger partial charge is 0.122 e. The van der Waals surface area contributed by atoms with Crippen LogP contribution in [-0.2, 0) is 0 Å². The van der Waals surface area contributed by atoms with Crippen molar-refractivity contribution >= 4 is 34.2 Å².